The molecule has 0 saturated heterocycles. The molecule has 14 heavy (non-hydrogen) atoms. The van der Waals surface area contributed by atoms with Gasteiger partial charge >= 0.3 is 0 Å². The molecule has 0 bridgehead atoms. The van der Waals surface area contributed by atoms with Crippen LogP contribution in [0.25, 0.3) is 5.82 Å². The predicted octanol–water partition coefficient (Wildman–Crippen LogP) is 0.783. The highest BCUT2D eigenvalue weighted by atomic mass is 16.1. The van der Waals surface area contributed by atoms with Crippen molar-refractivity contribution in [3.8, 4) is 5.82 Å². The van der Waals surface area contributed by atoms with Crippen LogP contribution in [0, 0.1) is 6.92 Å². The summed E-state index contributed by atoms with van der Waals surface area (Å²) < 4.78 is 1.60. The first kappa shape index (κ1) is 8.55. The molecule has 0 radical (unpaired) electrons. The highest BCUT2D eigenvalue weighted by molar-refractivity contribution is 5.71. The van der Waals surface area contributed by atoms with Crippen LogP contribution in [0.15, 0.2) is 24.7 Å². The third-order valence-electron chi connectivity index (χ3n) is 1.81. The Hall–Kier alpha value is -2.04. The second-order valence-corrected chi connectivity index (χ2v) is 2.81. The molecule has 5 nitrogen and oxygen atoms in total. The van der Waals surface area contributed by atoms with Crippen LogP contribution in [0.1, 0.15) is 16.2 Å². The normalized spacial score (nSPS) is 10.1. The monoisotopic (exact) mass is 188 g/mol. The van der Waals surface area contributed by atoms with Crippen molar-refractivity contribution in [3.05, 3.63) is 36.0 Å². The van der Waals surface area contributed by atoms with Gasteiger partial charge in [-0.1, -0.05) is 0 Å². The van der Waals surface area contributed by atoms with Crippen molar-refractivity contribution < 1.29 is 4.79 Å². The summed E-state index contributed by atoms with van der Waals surface area (Å²) in [6.07, 6.45) is 3.78. The summed E-state index contributed by atoms with van der Waals surface area (Å²) in [5, 5.41) is 4.06. The van der Waals surface area contributed by atoms with Crippen LogP contribution >= 0.6 is 0 Å². The van der Waals surface area contributed by atoms with Crippen molar-refractivity contribution in [2.75, 3.05) is 0 Å². The van der Waals surface area contributed by atoms with Crippen molar-refractivity contribution in [2.24, 2.45) is 0 Å². The first-order chi connectivity index (χ1) is 6.81. The molecular weight excluding hydrogens is 180 g/mol. The molecule has 0 atom stereocenters. The Morgan fingerprint density at radius 3 is 2.93 bits per heavy atom. The molecule has 0 aliphatic heterocycles. The predicted molar refractivity (Wildman–Crippen MR) is 49.3 cm³/mol. The van der Waals surface area contributed by atoms with E-state index >= 15 is 0 Å². The van der Waals surface area contributed by atoms with Crippen molar-refractivity contribution in [3.63, 3.8) is 0 Å². The maximum absolute atomic E-state index is 10.5. The third kappa shape index (κ3) is 1.39. The first-order valence-electron chi connectivity index (χ1n) is 4.09. The van der Waals surface area contributed by atoms with Crippen LogP contribution in [0.2, 0.25) is 0 Å². The average Bonchev–Trinajstić information content (AvgIpc) is 2.61. The lowest BCUT2D eigenvalue weighted by molar-refractivity contribution is 0.111. The average molecular weight is 188 g/mol. The van der Waals surface area contributed by atoms with Gasteiger partial charge in [0.25, 0.3) is 0 Å². The van der Waals surface area contributed by atoms with Crippen LogP contribution in [0.4, 0.5) is 0 Å². The zero-order chi connectivity index (χ0) is 9.97. The Morgan fingerprint density at radius 2 is 2.36 bits per heavy atom. The van der Waals surface area contributed by atoms with Crippen molar-refractivity contribution in [2.45, 2.75) is 6.92 Å². The summed E-state index contributed by atoms with van der Waals surface area (Å²) in [6.45, 7) is 1.86. The molecule has 0 spiro atoms. The van der Waals surface area contributed by atoms with Gasteiger partial charge in [-0.25, -0.2) is 14.6 Å². The molecule has 0 fully saturated rings. The first-order valence-corrected chi connectivity index (χ1v) is 4.09. The minimum atomic E-state index is 0.404. The number of aryl methyl sites for hydroxylation is 1. The second-order valence-electron chi connectivity index (χ2n) is 2.81. The fourth-order valence-corrected chi connectivity index (χ4v) is 1.20. The van der Waals surface area contributed by atoms with Crippen molar-refractivity contribution >= 4 is 6.29 Å². The Kier molecular flexibility index (Phi) is 2.06. The molecule has 0 saturated carbocycles. The molecule has 70 valence electrons. The van der Waals surface area contributed by atoms with Gasteiger partial charge in [0.2, 0.25) is 0 Å². The zero-order valence-corrected chi connectivity index (χ0v) is 7.58. The molecule has 2 heterocycles. The summed E-state index contributed by atoms with van der Waals surface area (Å²) in [7, 11) is 0. The molecular formula is C9H8N4O. The van der Waals surface area contributed by atoms with Crippen molar-refractivity contribution in [1.29, 1.82) is 0 Å². The van der Waals surface area contributed by atoms with Gasteiger partial charge in [0.1, 0.15) is 12.0 Å². The fourth-order valence-electron chi connectivity index (χ4n) is 1.20. The quantitative estimate of drug-likeness (QED) is 0.653. The van der Waals surface area contributed by atoms with Crippen molar-refractivity contribution in [1.82, 2.24) is 19.7 Å². The maximum Gasteiger partial charge on any atom is 0.170 e. The summed E-state index contributed by atoms with van der Waals surface area (Å²) >= 11 is 0. The van der Waals surface area contributed by atoms with E-state index < -0.39 is 0 Å². The lowest BCUT2D eigenvalue weighted by Crippen LogP contribution is -2.01. The largest absolute Gasteiger partial charge is 0.296 e. The van der Waals surface area contributed by atoms with E-state index in [1.807, 2.05) is 6.92 Å². The van der Waals surface area contributed by atoms with Gasteiger partial charge in [-0.05, 0) is 13.0 Å². The minimum absolute atomic E-state index is 0.404. The lowest BCUT2D eigenvalue weighted by atomic mass is 10.4. The van der Waals surface area contributed by atoms with Crippen LogP contribution in [0.3, 0.4) is 0 Å². The highest BCUT2D eigenvalue weighted by Crippen LogP contribution is 2.07. The number of rotatable bonds is 2. The Labute approximate surface area is 80.4 Å². The van der Waals surface area contributed by atoms with Gasteiger partial charge in [-0.2, -0.15) is 5.10 Å². The van der Waals surface area contributed by atoms with Gasteiger partial charge < -0.3 is 0 Å². The van der Waals surface area contributed by atoms with Gasteiger partial charge in [0.15, 0.2) is 12.1 Å². The molecule has 0 unspecified atom stereocenters. The van der Waals surface area contributed by atoms with E-state index in [1.54, 1.807) is 23.0 Å². The topological polar surface area (TPSA) is 60.7 Å². The van der Waals surface area contributed by atoms with Gasteiger partial charge in [0, 0.05) is 18.0 Å². The number of hydrogen-bond donors (Lipinski definition) is 0. The Bertz CT molecular complexity index is 449. The molecule has 0 N–H and O–H groups in total. The molecule has 2 rings (SSSR count). The number of aromatic nitrogens is 4. The second kappa shape index (κ2) is 3.37. The van der Waals surface area contributed by atoms with Crippen LogP contribution in [-0.4, -0.2) is 26.0 Å². The molecule has 0 amide bonds. The lowest BCUT2D eigenvalue weighted by Gasteiger charge is -2.00. The molecule has 2 aromatic heterocycles. The van der Waals surface area contributed by atoms with E-state index in [-0.39, 0.29) is 0 Å². The molecule has 5 heteroatoms. The Morgan fingerprint density at radius 1 is 1.50 bits per heavy atom. The maximum atomic E-state index is 10.5. The van der Waals surface area contributed by atoms with Crippen LogP contribution < -0.4 is 0 Å². The van der Waals surface area contributed by atoms with E-state index in [4.69, 9.17) is 0 Å². The summed E-state index contributed by atoms with van der Waals surface area (Å²) in [5.74, 6) is 0.658. The number of aldehydes is 1. The Balaban J connectivity index is 2.51. The van der Waals surface area contributed by atoms with Gasteiger partial charge in [-0.3, -0.25) is 4.79 Å². The highest BCUT2D eigenvalue weighted by Gasteiger charge is 2.05. The number of carbonyl (C=O) groups is 1. The van der Waals surface area contributed by atoms with E-state index in [0.29, 0.717) is 17.8 Å². The van der Waals surface area contributed by atoms with E-state index in [2.05, 4.69) is 15.1 Å². The van der Waals surface area contributed by atoms with E-state index in [9.17, 15) is 4.79 Å². The third-order valence-corrected chi connectivity index (χ3v) is 1.81. The van der Waals surface area contributed by atoms with Crippen LogP contribution in [-0.2, 0) is 0 Å². The van der Waals surface area contributed by atoms with Gasteiger partial charge in [-0.15, -0.1) is 0 Å². The summed E-state index contributed by atoms with van der Waals surface area (Å²) in [4.78, 5) is 18.3. The molecule has 2 aromatic rings. The molecule has 0 aromatic carbocycles. The SMILES string of the molecule is Cc1cc(C=O)nn1-c1ccncn1. The van der Waals surface area contributed by atoms with E-state index in [1.165, 1.54) is 6.33 Å². The summed E-state index contributed by atoms with van der Waals surface area (Å²) in [5.41, 5.74) is 1.27. The zero-order valence-electron chi connectivity index (χ0n) is 7.58. The number of nitrogens with zero attached hydrogens (tertiary/aromatic N) is 4. The molecule has 0 aliphatic carbocycles. The van der Waals surface area contributed by atoms with E-state index in [0.717, 1.165) is 5.69 Å². The smallest absolute Gasteiger partial charge is 0.170 e. The summed E-state index contributed by atoms with van der Waals surface area (Å²) in [6, 6.07) is 3.43. The minimum Gasteiger partial charge on any atom is -0.296 e. The molecule has 0 aliphatic rings. The fraction of sp³-hybridized carbons (Fsp3) is 0.111. The van der Waals surface area contributed by atoms with Crippen LogP contribution in [0.5, 0.6) is 0 Å². The standard InChI is InChI=1S/C9H8N4O/c1-7-4-8(5-14)12-13(7)9-2-3-10-6-11-9/h2-6H,1H3. The van der Waals surface area contributed by atoms with Gasteiger partial charge in [0.05, 0.1) is 0 Å². The number of hydrogen-bond acceptors (Lipinski definition) is 4. The number of carbonyl (C=O) groups excluding carboxylic acids is 1.